The van der Waals surface area contributed by atoms with Crippen LogP contribution in [0.2, 0.25) is 0 Å². The van der Waals surface area contributed by atoms with Crippen LogP contribution in [0, 0.1) is 6.92 Å². The molecule has 0 fully saturated rings. The molecule has 1 aliphatic heterocycles. The Hall–Kier alpha value is -2.81. The van der Waals surface area contributed by atoms with E-state index in [4.69, 9.17) is 9.72 Å². The molecule has 0 saturated carbocycles. The van der Waals surface area contributed by atoms with Gasteiger partial charge in [-0.1, -0.05) is 56.8 Å². The minimum atomic E-state index is 0.548. The molecule has 1 unspecified atom stereocenters. The number of pyridine rings is 1. The first-order valence-electron chi connectivity index (χ1n) is 9.92. The summed E-state index contributed by atoms with van der Waals surface area (Å²) < 4.78 is 5.73. The number of aromatic nitrogens is 1. The standard InChI is InChI=1S/C25H30N2O/c1-8-10-21-16(4)17(5)26-24-18(6)27-25(28-7)22(23(21)24)20-13-11-19(12-14-20)15(3)9-2/h8,10-15,26H,5,9H2,1-4,6-7H3/b10-8-. The molecule has 0 bridgehead atoms. The Morgan fingerprint density at radius 3 is 2.43 bits per heavy atom. The van der Waals surface area contributed by atoms with Crippen LogP contribution in [0.3, 0.4) is 0 Å². The predicted octanol–water partition coefficient (Wildman–Crippen LogP) is 6.87. The van der Waals surface area contributed by atoms with Gasteiger partial charge >= 0.3 is 0 Å². The number of ether oxygens (including phenoxy) is 1. The zero-order valence-electron chi connectivity index (χ0n) is 17.8. The van der Waals surface area contributed by atoms with Gasteiger partial charge in [-0.15, -0.1) is 0 Å². The second-order valence-electron chi connectivity index (χ2n) is 7.41. The molecule has 2 heterocycles. The van der Waals surface area contributed by atoms with Crippen LogP contribution < -0.4 is 10.1 Å². The minimum Gasteiger partial charge on any atom is -0.481 e. The molecule has 0 radical (unpaired) electrons. The molecule has 1 N–H and O–H groups in total. The quantitative estimate of drug-likeness (QED) is 0.620. The lowest BCUT2D eigenvalue weighted by Gasteiger charge is -2.28. The highest BCUT2D eigenvalue weighted by Crippen LogP contribution is 2.46. The van der Waals surface area contributed by atoms with Crippen molar-refractivity contribution in [2.75, 3.05) is 12.4 Å². The first-order valence-corrected chi connectivity index (χ1v) is 9.92. The van der Waals surface area contributed by atoms with Crippen LogP contribution in [0.25, 0.3) is 16.7 Å². The molecule has 3 heteroatoms. The number of allylic oxidation sites excluding steroid dienone is 4. The molecule has 1 aromatic carbocycles. The maximum atomic E-state index is 5.73. The average Bonchev–Trinajstić information content (AvgIpc) is 2.71. The van der Waals surface area contributed by atoms with E-state index in [1.54, 1.807) is 7.11 Å². The van der Waals surface area contributed by atoms with E-state index < -0.39 is 0 Å². The highest BCUT2D eigenvalue weighted by atomic mass is 16.5. The van der Waals surface area contributed by atoms with E-state index in [9.17, 15) is 0 Å². The Balaban J connectivity index is 2.31. The van der Waals surface area contributed by atoms with Crippen LogP contribution in [-0.4, -0.2) is 12.1 Å². The second-order valence-corrected chi connectivity index (χ2v) is 7.41. The summed E-state index contributed by atoms with van der Waals surface area (Å²) in [7, 11) is 1.69. The smallest absolute Gasteiger partial charge is 0.222 e. The maximum absolute atomic E-state index is 5.73. The van der Waals surface area contributed by atoms with Gasteiger partial charge in [-0.3, -0.25) is 0 Å². The number of hydrogen-bond donors (Lipinski definition) is 1. The van der Waals surface area contributed by atoms with Crippen molar-refractivity contribution in [3.05, 3.63) is 71.1 Å². The fourth-order valence-electron chi connectivity index (χ4n) is 3.70. The van der Waals surface area contributed by atoms with Gasteiger partial charge in [-0.2, -0.15) is 0 Å². The monoisotopic (exact) mass is 374 g/mol. The summed E-state index contributed by atoms with van der Waals surface area (Å²) in [6.07, 6.45) is 5.35. The molecule has 0 aliphatic carbocycles. The summed E-state index contributed by atoms with van der Waals surface area (Å²) in [5, 5.41) is 3.46. The number of fused-ring (bicyclic) bond motifs is 1. The Kier molecular flexibility index (Phi) is 5.73. The van der Waals surface area contributed by atoms with Gasteiger partial charge in [0, 0.05) is 11.3 Å². The number of rotatable bonds is 5. The fourth-order valence-corrected chi connectivity index (χ4v) is 3.70. The van der Waals surface area contributed by atoms with E-state index in [2.05, 4.69) is 69.1 Å². The van der Waals surface area contributed by atoms with Gasteiger partial charge in [0.1, 0.15) is 0 Å². The largest absolute Gasteiger partial charge is 0.481 e. The number of hydrogen-bond acceptors (Lipinski definition) is 3. The Morgan fingerprint density at radius 2 is 1.86 bits per heavy atom. The Labute approximate surface area is 168 Å². The summed E-state index contributed by atoms with van der Waals surface area (Å²) in [5.41, 5.74) is 9.72. The molecule has 1 aliphatic rings. The van der Waals surface area contributed by atoms with Crippen molar-refractivity contribution in [2.45, 2.75) is 47.0 Å². The van der Waals surface area contributed by atoms with Crippen LogP contribution in [0.5, 0.6) is 5.88 Å². The number of aryl methyl sites for hydroxylation is 1. The van der Waals surface area contributed by atoms with E-state index >= 15 is 0 Å². The van der Waals surface area contributed by atoms with Gasteiger partial charge in [-0.05, 0) is 55.4 Å². The van der Waals surface area contributed by atoms with Gasteiger partial charge in [-0.25, -0.2) is 4.98 Å². The molecular formula is C25H30N2O. The molecule has 3 rings (SSSR count). The maximum Gasteiger partial charge on any atom is 0.222 e. The molecule has 28 heavy (non-hydrogen) atoms. The molecule has 1 atom stereocenters. The van der Waals surface area contributed by atoms with Crippen LogP contribution >= 0.6 is 0 Å². The second kappa shape index (κ2) is 8.05. The molecular weight excluding hydrogens is 344 g/mol. The lowest BCUT2D eigenvalue weighted by molar-refractivity contribution is 0.398. The third-order valence-corrected chi connectivity index (χ3v) is 5.65. The summed E-state index contributed by atoms with van der Waals surface area (Å²) in [5.74, 6) is 1.20. The normalized spacial score (nSPS) is 14.9. The first-order chi connectivity index (χ1) is 13.4. The third kappa shape index (κ3) is 3.37. The van der Waals surface area contributed by atoms with Crippen molar-refractivity contribution in [3.63, 3.8) is 0 Å². The van der Waals surface area contributed by atoms with E-state index in [-0.39, 0.29) is 0 Å². The minimum absolute atomic E-state index is 0.548. The van der Waals surface area contributed by atoms with Gasteiger partial charge in [0.15, 0.2) is 0 Å². The van der Waals surface area contributed by atoms with Gasteiger partial charge in [0.25, 0.3) is 0 Å². The van der Waals surface area contributed by atoms with Crippen LogP contribution in [-0.2, 0) is 0 Å². The zero-order valence-corrected chi connectivity index (χ0v) is 17.8. The van der Waals surface area contributed by atoms with Gasteiger partial charge < -0.3 is 10.1 Å². The van der Waals surface area contributed by atoms with E-state index in [1.165, 1.54) is 5.56 Å². The fraction of sp³-hybridized carbons (Fsp3) is 0.320. The molecule has 146 valence electrons. The highest BCUT2D eigenvalue weighted by Gasteiger charge is 2.27. The van der Waals surface area contributed by atoms with E-state index in [1.807, 2.05) is 13.8 Å². The number of nitrogens with zero attached hydrogens (tertiary/aromatic N) is 1. The molecule has 2 aromatic rings. The third-order valence-electron chi connectivity index (χ3n) is 5.65. The number of methoxy groups -OCH3 is 1. The number of benzene rings is 1. The van der Waals surface area contributed by atoms with Crippen molar-refractivity contribution in [1.82, 2.24) is 4.98 Å². The topological polar surface area (TPSA) is 34.2 Å². The van der Waals surface area contributed by atoms with Crippen LogP contribution in [0.1, 0.15) is 56.9 Å². The molecule has 0 spiro atoms. The zero-order chi connectivity index (χ0) is 20.4. The molecule has 3 nitrogen and oxygen atoms in total. The van der Waals surface area contributed by atoms with Crippen molar-refractivity contribution in [3.8, 4) is 17.0 Å². The van der Waals surface area contributed by atoms with Crippen LogP contribution in [0.15, 0.2) is 54.3 Å². The summed E-state index contributed by atoms with van der Waals surface area (Å²) in [6.45, 7) is 14.8. The van der Waals surface area contributed by atoms with Crippen molar-refractivity contribution in [2.24, 2.45) is 0 Å². The summed E-state index contributed by atoms with van der Waals surface area (Å²) in [6, 6.07) is 8.80. The first kappa shape index (κ1) is 19.9. The van der Waals surface area contributed by atoms with Crippen molar-refractivity contribution in [1.29, 1.82) is 0 Å². The summed E-state index contributed by atoms with van der Waals surface area (Å²) >= 11 is 0. The summed E-state index contributed by atoms with van der Waals surface area (Å²) in [4.78, 5) is 4.74. The van der Waals surface area contributed by atoms with E-state index in [0.29, 0.717) is 11.8 Å². The molecule has 0 saturated heterocycles. The highest BCUT2D eigenvalue weighted by molar-refractivity contribution is 5.99. The Morgan fingerprint density at radius 1 is 1.18 bits per heavy atom. The Bertz CT molecular complexity index is 965. The molecule has 0 amide bonds. The lowest BCUT2D eigenvalue weighted by Crippen LogP contribution is -2.14. The number of nitrogens with one attached hydrogen (secondary N) is 1. The van der Waals surface area contributed by atoms with Crippen molar-refractivity contribution >= 4 is 11.3 Å². The van der Waals surface area contributed by atoms with Crippen molar-refractivity contribution < 1.29 is 4.74 Å². The SMILES string of the molecule is C=C1Nc2c(C)nc(OC)c(-c3ccc(C(C)CC)cc3)c2C(/C=C\C)=C1C. The molecule has 1 aromatic heterocycles. The average molecular weight is 375 g/mol. The lowest BCUT2D eigenvalue weighted by atomic mass is 9.86. The van der Waals surface area contributed by atoms with E-state index in [0.717, 1.165) is 51.3 Å². The predicted molar refractivity (Wildman–Crippen MR) is 120 cm³/mol. The van der Waals surface area contributed by atoms with Gasteiger partial charge in [0.2, 0.25) is 5.88 Å². The van der Waals surface area contributed by atoms with Gasteiger partial charge in [0.05, 0.1) is 24.1 Å². The number of anilines is 1. The van der Waals surface area contributed by atoms with Crippen LogP contribution in [0.4, 0.5) is 5.69 Å².